The highest BCUT2D eigenvalue weighted by molar-refractivity contribution is 14.1. The molecule has 2 aromatic rings. The first-order valence-electron chi connectivity index (χ1n) is 6.91. The standard InChI is InChI=1S/C18H19Br2I/c1-9-10(2)12(4)17(13(5)11(9)3)18(20)15-8-14(19)6-7-16(15)21/h6-8,18H,1-5H3. The summed E-state index contributed by atoms with van der Waals surface area (Å²) in [7, 11) is 0. The molecular formula is C18H19Br2I. The molecule has 0 nitrogen and oxygen atoms in total. The lowest BCUT2D eigenvalue weighted by molar-refractivity contribution is 1.05. The van der Waals surface area contributed by atoms with E-state index in [0.717, 1.165) is 4.47 Å². The molecule has 0 amide bonds. The van der Waals surface area contributed by atoms with Gasteiger partial charge >= 0.3 is 0 Å². The SMILES string of the molecule is Cc1c(C)c(C)c(C(Br)c2cc(Br)ccc2I)c(C)c1C. The summed E-state index contributed by atoms with van der Waals surface area (Å²) in [5, 5.41) is 0. The Morgan fingerprint density at radius 3 is 1.86 bits per heavy atom. The third kappa shape index (κ3) is 3.25. The second kappa shape index (κ2) is 6.71. The molecule has 0 N–H and O–H groups in total. The van der Waals surface area contributed by atoms with Gasteiger partial charge in [-0.2, -0.15) is 0 Å². The molecular weight excluding hydrogens is 503 g/mol. The molecule has 21 heavy (non-hydrogen) atoms. The summed E-state index contributed by atoms with van der Waals surface area (Å²) in [6, 6.07) is 6.47. The van der Waals surface area contributed by atoms with Crippen LogP contribution in [0.2, 0.25) is 0 Å². The lowest BCUT2D eigenvalue weighted by atomic mass is 9.87. The van der Waals surface area contributed by atoms with E-state index in [9.17, 15) is 0 Å². The van der Waals surface area contributed by atoms with Gasteiger partial charge in [0.15, 0.2) is 0 Å². The van der Waals surface area contributed by atoms with E-state index in [2.05, 4.69) is 107 Å². The van der Waals surface area contributed by atoms with E-state index in [1.165, 1.54) is 42.5 Å². The Labute approximate surface area is 158 Å². The number of halogens is 3. The van der Waals surface area contributed by atoms with Crippen LogP contribution in [-0.2, 0) is 0 Å². The molecule has 2 rings (SSSR count). The van der Waals surface area contributed by atoms with E-state index in [1.54, 1.807) is 0 Å². The van der Waals surface area contributed by atoms with Crippen LogP contribution in [0.3, 0.4) is 0 Å². The molecule has 0 fully saturated rings. The van der Waals surface area contributed by atoms with Gasteiger partial charge in [0, 0.05) is 8.04 Å². The van der Waals surface area contributed by atoms with Crippen molar-refractivity contribution in [2.75, 3.05) is 0 Å². The molecule has 3 heteroatoms. The molecule has 0 radical (unpaired) electrons. The highest BCUT2D eigenvalue weighted by Gasteiger charge is 2.21. The van der Waals surface area contributed by atoms with Crippen LogP contribution in [0, 0.1) is 38.2 Å². The van der Waals surface area contributed by atoms with Crippen molar-refractivity contribution in [1.82, 2.24) is 0 Å². The summed E-state index contributed by atoms with van der Waals surface area (Å²) < 4.78 is 2.41. The summed E-state index contributed by atoms with van der Waals surface area (Å²) in [5.41, 5.74) is 9.74. The molecule has 0 aromatic heterocycles. The summed E-state index contributed by atoms with van der Waals surface area (Å²) in [5.74, 6) is 0. The minimum atomic E-state index is 0.222. The smallest absolute Gasteiger partial charge is 0.0660 e. The van der Waals surface area contributed by atoms with Crippen molar-refractivity contribution >= 4 is 54.5 Å². The Morgan fingerprint density at radius 2 is 1.33 bits per heavy atom. The molecule has 0 saturated heterocycles. The average Bonchev–Trinajstić information content (AvgIpc) is 2.45. The molecule has 0 aliphatic rings. The lowest BCUT2D eigenvalue weighted by Crippen LogP contribution is -2.06. The van der Waals surface area contributed by atoms with Crippen LogP contribution < -0.4 is 0 Å². The number of hydrogen-bond acceptors (Lipinski definition) is 0. The van der Waals surface area contributed by atoms with Crippen molar-refractivity contribution < 1.29 is 0 Å². The minimum absolute atomic E-state index is 0.222. The molecule has 1 atom stereocenters. The molecule has 2 aromatic carbocycles. The van der Waals surface area contributed by atoms with Crippen LogP contribution in [0.4, 0.5) is 0 Å². The fraction of sp³-hybridized carbons (Fsp3) is 0.333. The van der Waals surface area contributed by atoms with Crippen LogP contribution >= 0.6 is 54.5 Å². The molecule has 0 spiro atoms. The van der Waals surface area contributed by atoms with Gasteiger partial charge in [0.2, 0.25) is 0 Å². The van der Waals surface area contributed by atoms with Gasteiger partial charge in [-0.05, 0) is 114 Å². The Balaban J connectivity index is 2.69. The van der Waals surface area contributed by atoms with Crippen LogP contribution in [0.25, 0.3) is 0 Å². The van der Waals surface area contributed by atoms with Gasteiger partial charge in [-0.1, -0.05) is 31.9 Å². The number of rotatable bonds is 2. The Kier molecular flexibility index (Phi) is 5.59. The first-order valence-corrected chi connectivity index (χ1v) is 9.70. The topological polar surface area (TPSA) is 0 Å². The molecule has 1 unspecified atom stereocenters. The van der Waals surface area contributed by atoms with E-state index in [-0.39, 0.29) is 4.83 Å². The van der Waals surface area contributed by atoms with Crippen LogP contribution in [0.5, 0.6) is 0 Å². The van der Waals surface area contributed by atoms with Crippen LogP contribution in [0.15, 0.2) is 22.7 Å². The van der Waals surface area contributed by atoms with Crippen molar-refractivity contribution in [3.63, 3.8) is 0 Å². The third-order valence-electron chi connectivity index (χ3n) is 4.54. The van der Waals surface area contributed by atoms with E-state index in [0.29, 0.717) is 0 Å². The van der Waals surface area contributed by atoms with Gasteiger partial charge in [0.05, 0.1) is 4.83 Å². The van der Waals surface area contributed by atoms with Crippen molar-refractivity contribution in [3.8, 4) is 0 Å². The molecule has 0 bridgehead atoms. The zero-order valence-corrected chi connectivity index (χ0v) is 18.3. The lowest BCUT2D eigenvalue weighted by Gasteiger charge is -2.23. The highest BCUT2D eigenvalue weighted by Crippen LogP contribution is 2.40. The molecule has 0 heterocycles. The number of alkyl halides is 1. The fourth-order valence-electron chi connectivity index (χ4n) is 2.77. The average molecular weight is 522 g/mol. The zero-order valence-electron chi connectivity index (χ0n) is 12.9. The predicted octanol–water partition coefficient (Wildman–Crippen LogP) is 7.08. The quantitative estimate of drug-likeness (QED) is 0.292. The summed E-state index contributed by atoms with van der Waals surface area (Å²) in [6.45, 7) is 11.2. The second-order valence-electron chi connectivity index (χ2n) is 5.57. The monoisotopic (exact) mass is 520 g/mol. The van der Waals surface area contributed by atoms with Crippen molar-refractivity contribution in [2.24, 2.45) is 0 Å². The van der Waals surface area contributed by atoms with Gasteiger partial charge < -0.3 is 0 Å². The van der Waals surface area contributed by atoms with Crippen molar-refractivity contribution in [1.29, 1.82) is 0 Å². The maximum absolute atomic E-state index is 3.95. The summed E-state index contributed by atoms with van der Waals surface area (Å²) in [4.78, 5) is 0.222. The maximum Gasteiger partial charge on any atom is 0.0660 e. The van der Waals surface area contributed by atoms with Gasteiger partial charge in [0.25, 0.3) is 0 Å². The molecule has 112 valence electrons. The normalized spacial score (nSPS) is 12.6. The van der Waals surface area contributed by atoms with E-state index >= 15 is 0 Å². The van der Waals surface area contributed by atoms with E-state index in [1.807, 2.05) is 0 Å². The Bertz CT molecular complexity index is 676. The first-order chi connectivity index (χ1) is 9.75. The van der Waals surface area contributed by atoms with Gasteiger partial charge in [-0.25, -0.2) is 0 Å². The maximum atomic E-state index is 3.95. The van der Waals surface area contributed by atoms with Gasteiger partial charge in [0.1, 0.15) is 0 Å². The van der Waals surface area contributed by atoms with E-state index < -0.39 is 0 Å². The van der Waals surface area contributed by atoms with Crippen LogP contribution in [-0.4, -0.2) is 0 Å². The first kappa shape index (κ1) is 17.5. The largest absolute Gasteiger partial charge is 0.0786 e. The predicted molar refractivity (Wildman–Crippen MR) is 108 cm³/mol. The fourth-order valence-corrected chi connectivity index (χ4v) is 5.29. The Hall–Kier alpha value is 0.130. The molecule has 0 aliphatic carbocycles. The summed E-state index contributed by atoms with van der Waals surface area (Å²) >= 11 is 9.95. The molecule has 0 aliphatic heterocycles. The number of hydrogen-bond donors (Lipinski definition) is 0. The van der Waals surface area contributed by atoms with E-state index in [4.69, 9.17) is 0 Å². The highest BCUT2D eigenvalue weighted by atomic mass is 127. The van der Waals surface area contributed by atoms with Crippen molar-refractivity contribution in [3.05, 3.63) is 65.2 Å². The summed E-state index contributed by atoms with van der Waals surface area (Å²) in [6.07, 6.45) is 0. The van der Waals surface area contributed by atoms with Crippen molar-refractivity contribution in [2.45, 2.75) is 39.4 Å². The minimum Gasteiger partial charge on any atom is -0.0786 e. The number of benzene rings is 2. The second-order valence-corrected chi connectivity index (χ2v) is 8.56. The Morgan fingerprint density at radius 1 is 0.857 bits per heavy atom. The van der Waals surface area contributed by atoms with Crippen LogP contribution in [0.1, 0.15) is 43.8 Å². The molecule has 0 saturated carbocycles. The third-order valence-corrected chi connectivity index (χ3v) is 6.97. The van der Waals surface area contributed by atoms with Gasteiger partial charge in [-0.15, -0.1) is 0 Å². The van der Waals surface area contributed by atoms with Gasteiger partial charge in [-0.3, -0.25) is 0 Å². The zero-order chi connectivity index (χ0) is 15.9.